The molecule has 0 radical (unpaired) electrons. The van der Waals surface area contributed by atoms with Crippen LogP contribution in [-0.4, -0.2) is 51.1 Å². The lowest BCUT2D eigenvalue weighted by Crippen LogP contribution is -2.44. The van der Waals surface area contributed by atoms with Gasteiger partial charge in [0.05, 0.1) is 6.54 Å². The largest absolute Gasteiger partial charge is 0.347 e. The number of nitrogens with zero attached hydrogens (tertiary/aromatic N) is 4. The van der Waals surface area contributed by atoms with Gasteiger partial charge < -0.3 is 14.8 Å². The van der Waals surface area contributed by atoms with Crippen molar-refractivity contribution in [3.63, 3.8) is 0 Å². The Labute approximate surface area is 112 Å². The lowest BCUT2D eigenvalue weighted by atomic mass is 9.97. The van der Waals surface area contributed by atoms with E-state index in [1.165, 1.54) is 6.92 Å². The van der Waals surface area contributed by atoms with Crippen LogP contribution in [0.3, 0.4) is 0 Å². The Hall–Kier alpha value is -1.92. The minimum Gasteiger partial charge on any atom is -0.347 e. The van der Waals surface area contributed by atoms with E-state index in [0.717, 1.165) is 25.2 Å². The van der Waals surface area contributed by atoms with Crippen LogP contribution in [-0.2, 0) is 16.6 Å². The van der Waals surface area contributed by atoms with E-state index in [1.54, 1.807) is 11.2 Å². The first-order valence-corrected chi connectivity index (χ1v) is 6.44. The summed E-state index contributed by atoms with van der Waals surface area (Å²) >= 11 is 0. The van der Waals surface area contributed by atoms with E-state index in [4.69, 9.17) is 0 Å². The zero-order valence-corrected chi connectivity index (χ0v) is 11.3. The molecule has 1 N–H and O–H groups in total. The first-order valence-electron chi connectivity index (χ1n) is 6.44. The Balaban J connectivity index is 1.95. The van der Waals surface area contributed by atoms with Gasteiger partial charge in [0.1, 0.15) is 12.2 Å². The topological polar surface area (TPSA) is 80.1 Å². The predicted molar refractivity (Wildman–Crippen MR) is 68.2 cm³/mol. The van der Waals surface area contributed by atoms with E-state index in [1.807, 2.05) is 11.6 Å². The third-order valence-corrected chi connectivity index (χ3v) is 3.37. The van der Waals surface area contributed by atoms with Crippen LogP contribution in [0, 0.1) is 0 Å². The fourth-order valence-electron chi connectivity index (χ4n) is 2.39. The van der Waals surface area contributed by atoms with E-state index in [2.05, 4.69) is 15.5 Å². The summed E-state index contributed by atoms with van der Waals surface area (Å²) < 4.78 is 1.90. The molecule has 0 spiro atoms. The highest BCUT2D eigenvalue weighted by Gasteiger charge is 2.27. The first kappa shape index (κ1) is 13.5. The molecule has 2 heterocycles. The maximum absolute atomic E-state index is 12.0. The molecule has 2 amide bonds. The van der Waals surface area contributed by atoms with Crippen molar-refractivity contribution < 1.29 is 9.59 Å². The summed E-state index contributed by atoms with van der Waals surface area (Å²) in [5.74, 6) is 0.914. The van der Waals surface area contributed by atoms with Gasteiger partial charge in [-0.15, -0.1) is 10.2 Å². The summed E-state index contributed by atoms with van der Waals surface area (Å²) in [6, 6.07) is 0. The fraction of sp³-hybridized carbons (Fsp3) is 0.667. The Morgan fingerprint density at radius 1 is 1.53 bits per heavy atom. The maximum Gasteiger partial charge on any atom is 0.241 e. The number of aromatic nitrogens is 3. The van der Waals surface area contributed by atoms with Crippen LogP contribution in [0.2, 0.25) is 0 Å². The van der Waals surface area contributed by atoms with Gasteiger partial charge in [0.2, 0.25) is 11.8 Å². The van der Waals surface area contributed by atoms with Gasteiger partial charge in [-0.05, 0) is 12.8 Å². The molecule has 0 bridgehead atoms. The Bertz CT molecular complexity index is 470. The summed E-state index contributed by atoms with van der Waals surface area (Å²) in [5, 5.41) is 10.5. The number of carbonyl (C=O) groups is 2. The smallest absolute Gasteiger partial charge is 0.241 e. The molecule has 0 aliphatic carbocycles. The molecular formula is C12H19N5O2. The van der Waals surface area contributed by atoms with Crippen molar-refractivity contribution in [2.45, 2.75) is 25.7 Å². The van der Waals surface area contributed by atoms with Crippen LogP contribution in [0.15, 0.2) is 6.33 Å². The second kappa shape index (κ2) is 5.81. The zero-order chi connectivity index (χ0) is 13.8. The Morgan fingerprint density at radius 2 is 2.32 bits per heavy atom. The molecule has 1 fully saturated rings. The van der Waals surface area contributed by atoms with E-state index in [-0.39, 0.29) is 24.3 Å². The Morgan fingerprint density at radius 3 is 2.95 bits per heavy atom. The summed E-state index contributed by atoms with van der Waals surface area (Å²) in [6.45, 7) is 2.87. The first-order chi connectivity index (χ1) is 9.08. The number of rotatable bonds is 3. The molecule has 19 heavy (non-hydrogen) atoms. The second-order valence-electron chi connectivity index (χ2n) is 4.89. The Kier molecular flexibility index (Phi) is 4.13. The third kappa shape index (κ3) is 3.30. The summed E-state index contributed by atoms with van der Waals surface area (Å²) in [4.78, 5) is 24.6. The molecular weight excluding hydrogens is 246 g/mol. The van der Waals surface area contributed by atoms with Crippen molar-refractivity contribution in [3.8, 4) is 0 Å². The molecule has 2 rings (SSSR count). The zero-order valence-electron chi connectivity index (χ0n) is 11.3. The molecule has 0 unspecified atom stereocenters. The van der Waals surface area contributed by atoms with Crippen LogP contribution < -0.4 is 5.32 Å². The van der Waals surface area contributed by atoms with E-state index < -0.39 is 0 Å². The lowest BCUT2D eigenvalue weighted by Gasteiger charge is -2.32. The highest BCUT2D eigenvalue weighted by atomic mass is 16.2. The van der Waals surface area contributed by atoms with Crippen molar-refractivity contribution in [1.29, 1.82) is 0 Å². The average Bonchev–Trinajstić information content (AvgIpc) is 2.82. The number of aryl methyl sites for hydroxylation is 1. The molecule has 1 aromatic heterocycles. The molecule has 0 aromatic carbocycles. The standard InChI is InChI=1S/C12H19N5O2/c1-9(18)13-6-11(19)17-5-3-4-10(7-17)12-15-14-8-16(12)2/h8,10H,3-7H2,1-2H3,(H,13,18)/t10-/m0/s1. The molecule has 1 atom stereocenters. The molecule has 1 saturated heterocycles. The lowest BCUT2D eigenvalue weighted by molar-refractivity contribution is -0.133. The molecule has 1 aliphatic heterocycles. The van der Waals surface area contributed by atoms with Gasteiger partial charge >= 0.3 is 0 Å². The SMILES string of the molecule is CC(=O)NCC(=O)N1CCC[C@H](c2nncn2C)C1. The maximum atomic E-state index is 12.0. The van der Waals surface area contributed by atoms with Crippen molar-refractivity contribution in [2.24, 2.45) is 7.05 Å². The second-order valence-corrected chi connectivity index (χ2v) is 4.89. The van der Waals surface area contributed by atoms with Crippen LogP contribution in [0.5, 0.6) is 0 Å². The van der Waals surface area contributed by atoms with E-state index >= 15 is 0 Å². The van der Waals surface area contributed by atoms with Crippen molar-refractivity contribution in [1.82, 2.24) is 25.0 Å². The van der Waals surface area contributed by atoms with E-state index in [0.29, 0.717) is 6.54 Å². The van der Waals surface area contributed by atoms with Crippen molar-refractivity contribution in [3.05, 3.63) is 12.2 Å². The monoisotopic (exact) mass is 265 g/mol. The number of hydrogen-bond donors (Lipinski definition) is 1. The van der Waals surface area contributed by atoms with Gasteiger partial charge in [-0.2, -0.15) is 0 Å². The normalized spacial score (nSPS) is 19.3. The van der Waals surface area contributed by atoms with Gasteiger partial charge in [-0.1, -0.05) is 0 Å². The minimum absolute atomic E-state index is 0.0398. The summed E-state index contributed by atoms with van der Waals surface area (Å²) in [5.41, 5.74) is 0. The van der Waals surface area contributed by atoms with Crippen LogP contribution >= 0.6 is 0 Å². The third-order valence-electron chi connectivity index (χ3n) is 3.37. The summed E-state index contributed by atoms with van der Waals surface area (Å²) in [6.07, 6.45) is 3.63. The number of piperidine rings is 1. The highest BCUT2D eigenvalue weighted by molar-refractivity contribution is 5.83. The molecule has 7 nitrogen and oxygen atoms in total. The fourth-order valence-corrected chi connectivity index (χ4v) is 2.39. The van der Waals surface area contributed by atoms with Crippen LogP contribution in [0.4, 0.5) is 0 Å². The number of nitrogens with one attached hydrogen (secondary N) is 1. The van der Waals surface area contributed by atoms with Crippen molar-refractivity contribution >= 4 is 11.8 Å². The van der Waals surface area contributed by atoms with Crippen LogP contribution in [0.1, 0.15) is 31.5 Å². The highest BCUT2D eigenvalue weighted by Crippen LogP contribution is 2.24. The van der Waals surface area contributed by atoms with Crippen LogP contribution in [0.25, 0.3) is 0 Å². The molecule has 1 aromatic rings. The number of likely N-dealkylation sites (tertiary alicyclic amines) is 1. The molecule has 1 aliphatic rings. The molecule has 0 saturated carbocycles. The van der Waals surface area contributed by atoms with Gasteiger partial charge in [0, 0.05) is 33.0 Å². The van der Waals surface area contributed by atoms with Gasteiger partial charge in [0.25, 0.3) is 0 Å². The predicted octanol–water partition coefficient (Wildman–Crippen LogP) is -0.343. The molecule has 104 valence electrons. The number of carbonyl (C=O) groups excluding carboxylic acids is 2. The number of amides is 2. The summed E-state index contributed by atoms with van der Waals surface area (Å²) in [7, 11) is 1.91. The molecule has 7 heteroatoms. The quantitative estimate of drug-likeness (QED) is 0.810. The van der Waals surface area contributed by atoms with Gasteiger partial charge in [-0.25, -0.2) is 0 Å². The number of hydrogen-bond acceptors (Lipinski definition) is 4. The average molecular weight is 265 g/mol. The van der Waals surface area contributed by atoms with Gasteiger partial charge in [0.15, 0.2) is 0 Å². The van der Waals surface area contributed by atoms with E-state index in [9.17, 15) is 9.59 Å². The van der Waals surface area contributed by atoms with Gasteiger partial charge in [-0.3, -0.25) is 9.59 Å². The van der Waals surface area contributed by atoms with Crippen molar-refractivity contribution in [2.75, 3.05) is 19.6 Å². The minimum atomic E-state index is -0.185.